The van der Waals surface area contributed by atoms with Crippen molar-refractivity contribution >= 4 is 35.3 Å². The molecule has 0 spiro atoms. The molecule has 0 heterocycles. The number of fused-ring (bicyclic) bond motifs is 3. The van der Waals surface area contributed by atoms with Crippen LogP contribution in [0, 0.1) is 0 Å². The summed E-state index contributed by atoms with van der Waals surface area (Å²) in [5.41, 5.74) is 4.25. The predicted molar refractivity (Wildman–Crippen MR) is 129 cm³/mol. The maximum atomic E-state index is 12.7. The first-order chi connectivity index (χ1) is 16.4. The number of carboxylic acids is 1. The van der Waals surface area contributed by atoms with Crippen molar-refractivity contribution in [1.29, 1.82) is 0 Å². The Morgan fingerprint density at radius 3 is 2.18 bits per heavy atom. The van der Waals surface area contributed by atoms with E-state index in [-0.39, 0.29) is 35.2 Å². The topological polar surface area (TPSA) is 105 Å². The zero-order valence-corrected chi connectivity index (χ0v) is 19.1. The van der Waals surface area contributed by atoms with Crippen LogP contribution in [0.1, 0.15) is 40.7 Å². The summed E-state index contributed by atoms with van der Waals surface area (Å²) in [4.78, 5) is 36.8. The zero-order valence-electron chi connectivity index (χ0n) is 18.4. The Balaban J connectivity index is 1.42. The van der Waals surface area contributed by atoms with Crippen LogP contribution in [0.3, 0.4) is 0 Å². The van der Waals surface area contributed by atoms with Gasteiger partial charge in [-0.1, -0.05) is 73.1 Å². The summed E-state index contributed by atoms with van der Waals surface area (Å²) in [6.45, 7) is 1.85. The second-order valence-electron chi connectivity index (χ2n) is 7.89. The molecule has 8 heteroatoms. The predicted octanol–water partition coefficient (Wildman–Crippen LogP) is 5.29. The van der Waals surface area contributed by atoms with E-state index in [4.69, 9.17) is 16.3 Å². The summed E-state index contributed by atoms with van der Waals surface area (Å²) in [6.07, 6.45) is -0.452. The van der Waals surface area contributed by atoms with E-state index in [0.717, 1.165) is 22.3 Å². The number of alkyl carbamates (subject to hydrolysis) is 1. The van der Waals surface area contributed by atoms with Gasteiger partial charge < -0.3 is 20.5 Å². The zero-order chi connectivity index (χ0) is 24.2. The number of amides is 2. The fraction of sp³-hybridized carbons (Fsp3) is 0.192. The molecule has 34 heavy (non-hydrogen) atoms. The van der Waals surface area contributed by atoms with Gasteiger partial charge in [-0.15, -0.1) is 0 Å². The molecule has 0 saturated heterocycles. The molecule has 7 nitrogen and oxygen atoms in total. The first kappa shape index (κ1) is 23.3. The highest BCUT2D eigenvalue weighted by atomic mass is 35.5. The van der Waals surface area contributed by atoms with Gasteiger partial charge in [0, 0.05) is 5.92 Å². The Labute approximate surface area is 201 Å². The Kier molecular flexibility index (Phi) is 6.84. The molecular weight excluding hydrogens is 456 g/mol. The van der Waals surface area contributed by atoms with E-state index >= 15 is 0 Å². The number of halogens is 1. The molecule has 1 aliphatic carbocycles. The minimum absolute atomic E-state index is 0.00263. The molecule has 4 rings (SSSR count). The van der Waals surface area contributed by atoms with E-state index in [9.17, 15) is 19.5 Å². The van der Waals surface area contributed by atoms with Crippen molar-refractivity contribution in [3.8, 4) is 11.1 Å². The van der Waals surface area contributed by atoms with Crippen LogP contribution < -0.4 is 10.6 Å². The van der Waals surface area contributed by atoms with E-state index in [1.165, 1.54) is 18.2 Å². The van der Waals surface area contributed by atoms with Crippen LogP contribution in [0.15, 0.2) is 66.7 Å². The second kappa shape index (κ2) is 9.97. The lowest BCUT2D eigenvalue weighted by atomic mass is 9.98. The van der Waals surface area contributed by atoms with Crippen LogP contribution in [-0.2, 0) is 9.53 Å². The average Bonchev–Trinajstić information content (AvgIpc) is 3.14. The lowest BCUT2D eigenvalue weighted by molar-refractivity contribution is -0.118. The molecule has 3 aromatic carbocycles. The largest absolute Gasteiger partial charge is 0.478 e. The van der Waals surface area contributed by atoms with Gasteiger partial charge in [-0.2, -0.15) is 0 Å². The number of nitrogens with one attached hydrogen (secondary N) is 2. The molecule has 0 aromatic heterocycles. The molecular formula is C26H23ClN2O5. The molecule has 0 radical (unpaired) electrons. The van der Waals surface area contributed by atoms with Crippen LogP contribution in [0.2, 0.25) is 5.02 Å². The molecule has 1 unspecified atom stereocenters. The van der Waals surface area contributed by atoms with Crippen LogP contribution in [0.25, 0.3) is 11.1 Å². The van der Waals surface area contributed by atoms with Crippen molar-refractivity contribution in [1.82, 2.24) is 5.32 Å². The van der Waals surface area contributed by atoms with Crippen molar-refractivity contribution in [2.45, 2.75) is 25.3 Å². The molecule has 0 bridgehead atoms. The van der Waals surface area contributed by atoms with Crippen molar-refractivity contribution in [3.05, 3.63) is 88.4 Å². The lowest BCUT2D eigenvalue weighted by Crippen LogP contribution is -2.44. The van der Waals surface area contributed by atoms with E-state index in [0.29, 0.717) is 0 Å². The second-order valence-corrected chi connectivity index (χ2v) is 8.29. The smallest absolute Gasteiger partial charge is 0.407 e. The molecule has 0 fully saturated rings. The third-order valence-electron chi connectivity index (χ3n) is 5.85. The summed E-state index contributed by atoms with van der Waals surface area (Å²) >= 11 is 5.96. The number of ether oxygens (including phenoxy) is 1. The van der Waals surface area contributed by atoms with E-state index in [1.807, 2.05) is 48.5 Å². The molecule has 1 atom stereocenters. The lowest BCUT2D eigenvalue weighted by Gasteiger charge is -2.19. The van der Waals surface area contributed by atoms with Crippen molar-refractivity contribution in [2.75, 3.05) is 11.9 Å². The average molecular weight is 479 g/mol. The number of aromatic carboxylic acids is 1. The number of benzene rings is 3. The highest BCUT2D eigenvalue weighted by Crippen LogP contribution is 2.44. The number of hydrogen-bond donors (Lipinski definition) is 3. The Morgan fingerprint density at radius 2 is 1.59 bits per heavy atom. The van der Waals surface area contributed by atoms with Crippen LogP contribution in [0.5, 0.6) is 0 Å². The van der Waals surface area contributed by atoms with Gasteiger partial charge in [0.15, 0.2) is 0 Å². The van der Waals surface area contributed by atoms with Gasteiger partial charge in [0.05, 0.1) is 10.7 Å². The van der Waals surface area contributed by atoms with E-state index in [2.05, 4.69) is 10.6 Å². The van der Waals surface area contributed by atoms with Gasteiger partial charge in [-0.3, -0.25) is 4.79 Å². The monoisotopic (exact) mass is 478 g/mol. The van der Waals surface area contributed by atoms with Gasteiger partial charge in [0.1, 0.15) is 18.2 Å². The van der Waals surface area contributed by atoms with Gasteiger partial charge in [-0.25, -0.2) is 9.59 Å². The molecule has 174 valence electrons. The SMILES string of the molecule is CCC(NC(=O)OCC1c2ccccc2-c2ccccc21)C(=O)Nc1cccc(Cl)c1C(=O)O. The molecule has 3 aromatic rings. The minimum atomic E-state index is -1.27. The Morgan fingerprint density at radius 1 is 0.971 bits per heavy atom. The van der Waals surface area contributed by atoms with E-state index in [1.54, 1.807) is 6.92 Å². The normalized spacial score (nSPS) is 12.9. The number of carbonyl (C=O) groups excluding carboxylic acids is 2. The summed E-state index contributed by atoms with van der Waals surface area (Å²) in [6, 6.07) is 19.5. The third kappa shape index (κ3) is 4.61. The first-order valence-corrected chi connectivity index (χ1v) is 11.2. The van der Waals surface area contributed by atoms with Gasteiger partial charge >= 0.3 is 12.1 Å². The fourth-order valence-corrected chi connectivity index (χ4v) is 4.46. The number of carboxylic acid groups (broad SMARTS) is 1. The van der Waals surface area contributed by atoms with Crippen molar-refractivity contribution in [2.24, 2.45) is 0 Å². The summed E-state index contributed by atoms with van der Waals surface area (Å²) < 4.78 is 5.51. The molecule has 3 N–H and O–H groups in total. The van der Waals surface area contributed by atoms with Crippen molar-refractivity contribution in [3.63, 3.8) is 0 Å². The van der Waals surface area contributed by atoms with Crippen LogP contribution in [-0.4, -0.2) is 35.7 Å². The van der Waals surface area contributed by atoms with Crippen molar-refractivity contribution < 1.29 is 24.2 Å². The Bertz CT molecular complexity index is 1210. The molecule has 2 amide bonds. The number of rotatable bonds is 7. The summed E-state index contributed by atoms with van der Waals surface area (Å²) in [5, 5.41) is 14.5. The maximum Gasteiger partial charge on any atom is 0.407 e. The standard InChI is InChI=1S/C26H23ClN2O5/c1-2-21(24(30)28-22-13-7-12-20(27)23(22)25(31)32)29-26(33)34-14-19-17-10-5-3-8-15(17)16-9-4-6-11-18(16)19/h3-13,19,21H,2,14H2,1H3,(H,28,30)(H,29,33)(H,31,32). The summed E-state index contributed by atoms with van der Waals surface area (Å²) in [5.74, 6) is -1.93. The maximum absolute atomic E-state index is 12.7. The molecule has 0 aliphatic heterocycles. The molecule has 1 aliphatic rings. The van der Waals surface area contributed by atoms with Gasteiger partial charge in [0.2, 0.25) is 5.91 Å². The number of anilines is 1. The minimum Gasteiger partial charge on any atom is -0.478 e. The number of carbonyl (C=O) groups is 3. The Hall–Kier alpha value is -3.84. The molecule has 0 saturated carbocycles. The quantitative estimate of drug-likeness (QED) is 0.427. The van der Waals surface area contributed by atoms with Gasteiger partial charge in [-0.05, 0) is 40.8 Å². The first-order valence-electron chi connectivity index (χ1n) is 10.8. The highest BCUT2D eigenvalue weighted by Gasteiger charge is 2.30. The highest BCUT2D eigenvalue weighted by molar-refractivity contribution is 6.34. The van der Waals surface area contributed by atoms with Crippen LogP contribution in [0.4, 0.5) is 10.5 Å². The summed E-state index contributed by atoms with van der Waals surface area (Å²) in [7, 11) is 0. The van der Waals surface area contributed by atoms with E-state index < -0.39 is 24.0 Å². The van der Waals surface area contributed by atoms with Gasteiger partial charge in [0.25, 0.3) is 0 Å². The third-order valence-corrected chi connectivity index (χ3v) is 6.16. The number of hydrogen-bond acceptors (Lipinski definition) is 4. The van der Waals surface area contributed by atoms with Crippen LogP contribution >= 0.6 is 11.6 Å². The fourth-order valence-electron chi connectivity index (χ4n) is 4.20.